The molecule has 0 saturated carbocycles. The van der Waals surface area contributed by atoms with E-state index in [4.69, 9.17) is 9.47 Å². The van der Waals surface area contributed by atoms with Crippen molar-refractivity contribution in [1.29, 1.82) is 0 Å². The molecule has 4 atom stereocenters. The van der Waals surface area contributed by atoms with E-state index in [2.05, 4.69) is 4.72 Å². The van der Waals surface area contributed by atoms with Gasteiger partial charge in [0.25, 0.3) is 15.9 Å². The van der Waals surface area contributed by atoms with Crippen molar-refractivity contribution in [3.63, 3.8) is 0 Å². The number of fused-ring (bicyclic) bond motifs is 1. The molecule has 2 N–H and O–H groups in total. The van der Waals surface area contributed by atoms with E-state index >= 15 is 0 Å². The van der Waals surface area contributed by atoms with Gasteiger partial charge in [-0.3, -0.25) is 14.4 Å². The van der Waals surface area contributed by atoms with Gasteiger partial charge in [-0.1, -0.05) is 25.1 Å². The molecule has 14 heteroatoms. The number of likely N-dealkylation sites (N-methyl/N-ethyl adjacent to an activating group) is 1. The first-order chi connectivity index (χ1) is 22.7. The summed E-state index contributed by atoms with van der Waals surface area (Å²) < 4.78 is 80.4. The van der Waals surface area contributed by atoms with Crippen LogP contribution in [0.25, 0.3) is 0 Å². The van der Waals surface area contributed by atoms with Crippen LogP contribution in [0.5, 0.6) is 5.75 Å². The fourth-order valence-corrected chi connectivity index (χ4v) is 7.60. The number of thiophene rings is 1. The third-order valence-electron chi connectivity index (χ3n) is 8.29. The maximum absolute atomic E-state index is 14.3. The van der Waals surface area contributed by atoms with Gasteiger partial charge < -0.3 is 19.5 Å². The third-order valence-corrected chi connectivity index (χ3v) is 11.1. The molecule has 4 rings (SSSR count). The van der Waals surface area contributed by atoms with Gasteiger partial charge in [-0.15, -0.1) is 11.3 Å². The highest BCUT2D eigenvalue weighted by Gasteiger charge is 2.32. The monoisotopic (exact) mass is 711 g/mol. The Kier molecular flexibility index (Phi) is 12.9. The molecule has 2 aromatic carbocycles. The number of hydrogen-bond acceptors (Lipinski definition) is 8. The zero-order valence-electron chi connectivity index (χ0n) is 27.6. The van der Waals surface area contributed by atoms with Crippen LogP contribution in [0.1, 0.15) is 61.5 Å². The van der Waals surface area contributed by atoms with Gasteiger partial charge in [0, 0.05) is 37.8 Å². The number of amides is 1. The molecule has 0 bridgehead atoms. The number of hydrogen-bond donors (Lipinski definition) is 2. The summed E-state index contributed by atoms with van der Waals surface area (Å²) in [5, 5.41) is 11.8. The number of halogens is 3. The molecule has 0 saturated heterocycles. The summed E-state index contributed by atoms with van der Waals surface area (Å²) in [4.78, 5) is 17.8. The quantitative estimate of drug-likeness (QED) is 0.261. The van der Waals surface area contributed by atoms with Crippen molar-refractivity contribution in [3.05, 3.63) is 76.7 Å². The van der Waals surface area contributed by atoms with Crippen molar-refractivity contribution in [2.75, 3.05) is 38.1 Å². The van der Waals surface area contributed by atoms with Crippen molar-refractivity contribution in [3.8, 4) is 5.75 Å². The molecular formula is C34H44F3N3O6S2. The second kappa shape index (κ2) is 16.5. The lowest BCUT2D eigenvalue weighted by atomic mass is 10.0. The fraction of sp³-hybridized carbons (Fsp3) is 0.500. The molecule has 1 aromatic heterocycles. The van der Waals surface area contributed by atoms with Crippen molar-refractivity contribution >= 4 is 33.0 Å². The molecule has 0 spiro atoms. The van der Waals surface area contributed by atoms with Crippen molar-refractivity contribution in [2.45, 2.75) is 75.2 Å². The zero-order chi connectivity index (χ0) is 35.1. The highest BCUT2D eigenvalue weighted by atomic mass is 32.2. The number of aliphatic hydroxyl groups is 1. The number of sulfonamides is 1. The van der Waals surface area contributed by atoms with E-state index < -0.39 is 33.7 Å². The lowest BCUT2D eigenvalue weighted by Gasteiger charge is -2.36. The van der Waals surface area contributed by atoms with Gasteiger partial charge in [0.1, 0.15) is 9.96 Å². The number of alkyl halides is 3. The second-order valence-corrected chi connectivity index (χ2v) is 15.3. The Labute approximate surface area is 284 Å². The summed E-state index contributed by atoms with van der Waals surface area (Å²) in [6.45, 7) is 6.81. The van der Waals surface area contributed by atoms with Crippen LogP contribution in [0.2, 0.25) is 0 Å². The summed E-state index contributed by atoms with van der Waals surface area (Å²) >= 11 is 1.08. The number of anilines is 1. The SMILES string of the molecule is C[C@@H]1CCCCO[C@H](CN(C)Cc2ccc(C(F)(F)F)cc2)[C@@H](C)CN([C@@H](C)CO)C(=O)c2cc(NS(=O)(=O)c3cccs3)ccc2O1. The second-order valence-electron chi connectivity index (χ2n) is 12.4. The first-order valence-electron chi connectivity index (χ1n) is 15.9. The van der Waals surface area contributed by atoms with Crippen LogP contribution in [0.3, 0.4) is 0 Å². The number of aliphatic hydroxyl groups excluding tert-OH is 1. The Morgan fingerprint density at radius 1 is 1.12 bits per heavy atom. The van der Waals surface area contributed by atoms with Crippen LogP contribution in [-0.4, -0.2) is 80.8 Å². The molecule has 3 aromatic rings. The normalized spacial score (nSPS) is 20.9. The molecule has 0 unspecified atom stereocenters. The van der Waals surface area contributed by atoms with E-state index in [1.165, 1.54) is 24.3 Å². The van der Waals surface area contributed by atoms with E-state index in [1.807, 2.05) is 25.8 Å². The molecule has 1 amide bonds. The maximum atomic E-state index is 14.3. The van der Waals surface area contributed by atoms with Crippen molar-refractivity contribution in [2.24, 2.45) is 5.92 Å². The average molecular weight is 712 g/mol. The Balaban J connectivity index is 1.60. The topological polar surface area (TPSA) is 108 Å². The van der Waals surface area contributed by atoms with E-state index in [9.17, 15) is 31.5 Å². The molecule has 0 radical (unpaired) electrons. The van der Waals surface area contributed by atoms with Crippen molar-refractivity contribution < 1.29 is 41.0 Å². The highest BCUT2D eigenvalue weighted by Crippen LogP contribution is 2.31. The largest absolute Gasteiger partial charge is 0.490 e. The van der Waals surface area contributed by atoms with Gasteiger partial charge in [-0.2, -0.15) is 13.2 Å². The van der Waals surface area contributed by atoms with Crippen molar-refractivity contribution in [1.82, 2.24) is 9.80 Å². The van der Waals surface area contributed by atoms with E-state index in [0.717, 1.165) is 41.9 Å². The lowest BCUT2D eigenvalue weighted by Crippen LogP contribution is -2.47. The smallest absolute Gasteiger partial charge is 0.416 e. The van der Waals surface area contributed by atoms with E-state index in [1.54, 1.807) is 35.4 Å². The maximum Gasteiger partial charge on any atom is 0.416 e. The molecule has 264 valence electrons. The minimum absolute atomic E-state index is 0.137. The summed E-state index contributed by atoms with van der Waals surface area (Å²) in [5.41, 5.74) is 0.382. The van der Waals surface area contributed by atoms with Gasteiger partial charge in [-0.05, 0) is 87.5 Å². The fourth-order valence-electron chi connectivity index (χ4n) is 5.55. The number of rotatable bonds is 9. The molecule has 1 aliphatic heterocycles. The Morgan fingerprint density at radius 2 is 1.85 bits per heavy atom. The van der Waals surface area contributed by atoms with Crippen LogP contribution in [0.15, 0.2) is 64.2 Å². The predicted octanol–water partition coefficient (Wildman–Crippen LogP) is 6.50. The molecule has 0 fully saturated rings. The lowest BCUT2D eigenvalue weighted by molar-refractivity contribution is -0.137. The predicted molar refractivity (Wildman–Crippen MR) is 180 cm³/mol. The third kappa shape index (κ3) is 10.2. The Morgan fingerprint density at radius 3 is 2.50 bits per heavy atom. The summed E-state index contributed by atoms with van der Waals surface area (Å²) in [7, 11) is -2.01. The van der Waals surface area contributed by atoms with Gasteiger partial charge >= 0.3 is 6.18 Å². The number of benzene rings is 2. The van der Waals surface area contributed by atoms with E-state index in [-0.39, 0.29) is 46.7 Å². The zero-order valence-corrected chi connectivity index (χ0v) is 29.2. The van der Waals surface area contributed by atoms with Gasteiger partial charge in [0.2, 0.25) is 0 Å². The van der Waals surface area contributed by atoms with Gasteiger partial charge in [0.05, 0.1) is 36.0 Å². The van der Waals surface area contributed by atoms with Crippen LogP contribution >= 0.6 is 11.3 Å². The minimum atomic E-state index is -4.40. The summed E-state index contributed by atoms with van der Waals surface area (Å²) in [6, 6.07) is 12.3. The molecule has 1 aliphatic rings. The van der Waals surface area contributed by atoms with Crippen LogP contribution < -0.4 is 9.46 Å². The molecule has 9 nitrogen and oxygen atoms in total. The number of nitrogens with zero attached hydrogens (tertiary/aromatic N) is 2. The number of carbonyl (C=O) groups excluding carboxylic acids is 1. The number of ether oxygens (including phenoxy) is 2. The first-order valence-corrected chi connectivity index (χ1v) is 18.3. The molecule has 48 heavy (non-hydrogen) atoms. The molecular weight excluding hydrogens is 668 g/mol. The number of nitrogens with one attached hydrogen (secondary N) is 1. The summed E-state index contributed by atoms with van der Waals surface area (Å²) in [6.07, 6.45) is -2.73. The van der Waals surface area contributed by atoms with Crippen LogP contribution in [0, 0.1) is 5.92 Å². The minimum Gasteiger partial charge on any atom is -0.490 e. The molecule has 2 heterocycles. The van der Waals surface area contributed by atoms with Gasteiger partial charge in [-0.25, -0.2) is 8.42 Å². The van der Waals surface area contributed by atoms with Crippen LogP contribution in [-0.2, 0) is 27.5 Å². The summed E-state index contributed by atoms with van der Waals surface area (Å²) in [5.74, 6) is -0.336. The number of carbonyl (C=O) groups is 1. The average Bonchev–Trinajstić information content (AvgIpc) is 3.59. The van der Waals surface area contributed by atoms with Crippen LogP contribution in [0.4, 0.5) is 18.9 Å². The Hall–Kier alpha value is -3.17. The molecule has 0 aliphatic carbocycles. The van der Waals surface area contributed by atoms with E-state index in [0.29, 0.717) is 31.9 Å². The highest BCUT2D eigenvalue weighted by molar-refractivity contribution is 7.94. The van der Waals surface area contributed by atoms with Gasteiger partial charge in [0.15, 0.2) is 0 Å². The standard InChI is InChI=1S/C34H44F3N3O6S2/c1-23-19-40(24(2)22-41)33(42)29-18-28(38-48(43,44)32-9-7-17-47-32)14-15-30(29)46-25(3)8-5-6-16-45-31(23)21-39(4)20-26-10-12-27(13-11-26)34(35,36)37/h7,9-15,17-18,23-25,31,38,41H,5-6,8,16,19-22H2,1-4H3/t23-,24-,25+,31+/m0/s1. The first kappa shape index (κ1) is 37.6. The Bertz CT molecular complexity index is 1590.